The summed E-state index contributed by atoms with van der Waals surface area (Å²) in [5.41, 5.74) is 1.53. The van der Waals surface area contributed by atoms with Crippen LogP contribution in [0.25, 0.3) is 0 Å². The zero-order chi connectivity index (χ0) is 15.4. The van der Waals surface area contributed by atoms with E-state index in [9.17, 15) is 4.79 Å². The molecule has 1 aromatic heterocycles. The minimum absolute atomic E-state index is 0.142. The van der Waals surface area contributed by atoms with Gasteiger partial charge in [-0.2, -0.15) is 0 Å². The Bertz CT molecular complexity index is 677. The minimum Gasteiger partial charge on any atom is -0.486 e. The van der Waals surface area contributed by atoms with Crippen molar-refractivity contribution in [1.82, 2.24) is 10.3 Å². The standard InChI is InChI=1S/C16H15ClN2O3/c17-13-8-11(9-14-15(13)22-7-6-21-14)3-5-19-16(20)12-2-1-4-18-10-12/h1-2,4,8-10H,3,5-7H2,(H,19,20). The van der Waals surface area contributed by atoms with Crippen molar-refractivity contribution in [2.45, 2.75) is 6.42 Å². The smallest absolute Gasteiger partial charge is 0.252 e. The number of benzene rings is 1. The van der Waals surface area contributed by atoms with Crippen molar-refractivity contribution < 1.29 is 14.3 Å². The number of ether oxygens (including phenoxy) is 2. The molecule has 1 N–H and O–H groups in total. The van der Waals surface area contributed by atoms with E-state index in [1.807, 2.05) is 12.1 Å². The van der Waals surface area contributed by atoms with Crippen LogP contribution in [0.2, 0.25) is 5.02 Å². The summed E-state index contributed by atoms with van der Waals surface area (Å²) in [5, 5.41) is 3.39. The molecule has 3 rings (SSSR count). The fourth-order valence-corrected chi connectivity index (χ4v) is 2.52. The number of rotatable bonds is 4. The van der Waals surface area contributed by atoms with Gasteiger partial charge in [-0.05, 0) is 36.2 Å². The van der Waals surface area contributed by atoms with Gasteiger partial charge in [-0.3, -0.25) is 9.78 Å². The Morgan fingerprint density at radius 3 is 3.00 bits per heavy atom. The highest BCUT2D eigenvalue weighted by molar-refractivity contribution is 6.32. The second-order valence-corrected chi connectivity index (χ2v) is 5.26. The van der Waals surface area contributed by atoms with E-state index in [1.54, 1.807) is 18.3 Å². The Hall–Kier alpha value is -2.27. The van der Waals surface area contributed by atoms with Crippen LogP contribution in [0.5, 0.6) is 11.5 Å². The molecule has 0 saturated heterocycles. The van der Waals surface area contributed by atoms with Gasteiger partial charge < -0.3 is 14.8 Å². The summed E-state index contributed by atoms with van der Waals surface area (Å²) in [6.45, 7) is 1.53. The number of hydrogen-bond acceptors (Lipinski definition) is 4. The second-order valence-electron chi connectivity index (χ2n) is 4.85. The number of fused-ring (bicyclic) bond motifs is 1. The molecule has 1 aromatic carbocycles. The predicted octanol–water partition coefficient (Wildman–Crippen LogP) is 2.48. The summed E-state index contributed by atoms with van der Waals surface area (Å²) < 4.78 is 11.0. The molecule has 0 unspecified atom stereocenters. The van der Waals surface area contributed by atoms with Gasteiger partial charge in [0.1, 0.15) is 13.2 Å². The van der Waals surface area contributed by atoms with Crippen LogP contribution in [0.15, 0.2) is 36.7 Å². The fourth-order valence-electron chi connectivity index (χ4n) is 2.23. The Labute approximate surface area is 133 Å². The van der Waals surface area contributed by atoms with Crippen LogP contribution < -0.4 is 14.8 Å². The van der Waals surface area contributed by atoms with E-state index in [2.05, 4.69) is 10.3 Å². The summed E-state index contributed by atoms with van der Waals surface area (Å²) in [6.07, 6.45) is 3.83. The number of hydrogen-bond donors (Lipinski definition) is 1. The first-order chi connectivity index (χ1) is 10.7. The summed E-state index contributed by atoms with van der Waals surface area (Å²) in [5.74, 6) is 1.11. The van der Waals surface area contributed by atoms with Gasteiger partial charge in [-0.15, -0.1) is 0 Å². The summed E-state index contributed by atoms with van der Waals surface area (Å²) >= 11 is 6.18. The van der Waals surface area contributed by atoms with E-state index in [-0.39, 0.29) is 5.91 Å². The Morgan fingerprint density at radius 1 is 1.32 bits per heavy atom. The van der Waals surface area contributed by atoms with Crippen molar-refractivity contribution in [2.24, 2.45) is 0 Å². The normalized spacial score (nSPS) is 12.8. The number of carbonyl (C=O) groups excluding carboxylic acids is 1. The lowest BCUT2D eigenvalue weighted by Crippen LogP contribution is -2.25. The number of aromatic nitrogens is 1. The molecule has 0 bridgehead atoms. The zero-order valence-electron chi connectivity index (χ0n) is 11.8. The molecular weight excluding hydrogens is 304 g/mol. The van der Waals surface area contributed by atoms with Gasteiger partial charge >= 0.3 is 0 Å². The second kappa shape index (κ2) is 6.66. The average Bonchev–Trinajstić information content (AvgIpc) is 2.56. The molecule has 5 nitrogen and oxygen atoms in total. The number of nitrogens with zero attached hydrogens (tertiary/aromatic N) is 1. The monoisotopic (exact) mass is 318 g/mol. The Kier molecular flexibility index (Phi) is 4.44. The van der Waals surface area contributed by atoms with Crippen LogP contribution >= 0.6 is 11.6 Å². The van der Waals surface area contributed by atoms with Gasteiger partial charge in [0.15, 0.2) is 11.5 Å². The molecule has 0 radical (unpaired) electrons. The van der Waals surface area contributed by atoms with Crippen LogP contribution in [0, 0.1) is 0 Å². The van der Waals surface area contributed by atoms with Crippen LogP contribution in [-0.2, 0) is 6.42 Å². The molecule has 2 heterocycles. The number of carbonyl (C=O) groups is 1. The zero-order valence-corrected chi connectivity index (χ0v) is 12.6. The average molecular weight is 319 g/mol. The maximum absolute atomic E-state index is 11.9. The van der Waals surface area contributed by atoms with E-state index < -0.39 is 0 Å². The third-order valence-electron chi connectivity index (χ3n) is 3.28. The quantitative estimate of drug-likeness (QED) is 0.941. The number of amides is 1. The molecule has 1 aliphatic rings. The first kappa shape index (κ1) is 14.7. The molecule has 2 aromatic rings. The predicted molar refractivity (Wildman–Crippen MR) is 82.7 cm³/mol. The summed E-state index contributed by atoms with van der Waals surface area (Å²) in [4.78, 5) is 15.8. The van der Waals surface area contributed by atoms with Gasteiger partial charge in [0.05, 0.1) is 10.6 Å². The fraction of sp³-hybridized carbons (Fsp3) is 0.250. The molecule has 6 heteroatoms. The first-order valence-corrected chi connectivity index (χ1v) is 7.38. The molecule has 0 spiro atoms. The van der Waals surface area contributed by atoms with Gasteiger partial charge in [-0.1, -0.05) is 11.6 Å². The summed E-state index contributed by atoms with van der Waals surface area (Å²) in [6, 6.07) is 7.20. The summed E-state index contributed by atoms with van der Waals surface area (Å²) in [7, 11) is 0. The first-order valence-electron chi connectivity index (χ1n) is 7.00. The van der Waals surface area contributed by atoms with Gasteiger partial charge in [0, 0.05) is 18.9 Å². The molecular formula is C16H15ClN2O3. The molecule has 1 amide bonds. The number of nitrogens with one attached hydrogen (secondary N) is 1. The van der Waals surface area contributed by atoms with E-state index >= 15 is 0 Å². The van der Waals surface area contributed by atoms with Crippen LogP contribution in [-0.4, -0.2) is 30.6 Å². The van der Waals surface area contributed by atoms with Gasteiger partial charge in [0.2, 0.25) is 0 Å². The Morgan fingerprint density at radius 2 is 2.18 bits per heavy atom. The molecule has 0 saturated carbocycles. The molecule has 22 heavy (non-hydrogen) atoms. The van der Waals surface area contributed by atoms with Crippen LogP contribution in [0.4, 0.5) is 0 Å². The third kappa shape index (κ3) is 3.31. The maximum Gasteiger partial charge on any atom is 0.252 e. The lowest BCUT2D eigenvalue weighted by atomic mass is 10.1. The van der Waals surface area contributed by atoms with Crippen molar-refractivity contribution in [1.29, 1.82) is 0 Å². The van der Waals surface area contributed by atoms with E-state index in [0.717, 1.165) is 5.56 Å². The third-order valence-corrected chi connectivity index (χ3v) is 3.56. The largest absolute Gasteiger partial charge is 0.486 e. The SMILES string of the molecule is O=C(NCCc1cc(Cl)c2c(c1)OCCO2)c1cccnc1. The highest BCUT2D eigenvalue weighted by Gasteiger charge is 2.16. The molecule has 0 fully saturated rings. The number of pyridine rings is 1. The van der Waals surface area contributed by atoms with Crippen molar-refractivity contribution in [3.8, 4) is 11.5 Å². The van der Waals surface area contributed by atoms with E-state index in [4.69, 9.17) is 21.1 Å². The molecule has 0 aliphatic carbocycles. The lowest BCUT2D eigenvalue weighted by molar-refractivity contribution is 0.0954. The molecule has 1 aliphatic heterocycles. The minimum atomic E-state index is -0.142. The Balaban J connectivity index is 1.60. The van der Waals surface area contributed by atoms with Gasteiger partial charge in [0.25, 0.3) is 5.91 Å². The van der Waals surface area contributed by atoms with Crippen molar-refractivity contribution in [2.75, 3.05) is 19.8 Å². The van der Waals surface area contributed by atoms with Gasteiger partial charge in [-0.25, -0.2) is 0 Å². The van der Waals surface area contributed by atoms with Crippen LogP contribution in [0.3, 0.4) is 0 Å². The highest BCUT2D eigenvalue weighted by atomic mass is 35.5. The van der Waals surface area contributed by atoms with Crippen molar-refractivity contribution in [3.05, 3.63) is 52.8 Å². The highest BCUT2D eigenvalue weighted by Crippen LogP contribution is 2.38. The van der Waals surface area contributed by atoms with Crippen LogP contribution in [0.1, 0.15) is 15.9 Å². The van der Waals surface area contributed by atoms with E-state index in [1.165, 1.54) is 6.20 Å². The van der Waals surface area contributed by atoms with Crippen molar-refractivity contribution >= 4 is 17.5 Å². The molecule has 0 atom stereocenters. The lowest BCUT2D eigenvalue weighted by Gasteiger charge is -2.20. The van der Waals surface area contributed by atoms with E-state index in [0.29, 0.717) is 48.3 Å². The maximum atomic E-state index is 11.9. The molecule has 114 valence electrons. The number of halogens is 1. The topological polar surface area (TPSA) is 60.5 Å². The van der Waals surface area contributed by atoms with Crippen molar-refractivity contribution in [3.63, 3.8) is 0 Å².